The number of nitrogens with two attached hydrogens (primary N) is 1. The average Bonchev–Trinajstić information content (AvgIpc) is 2.79. The number of aliphatic imine (C=N–C) groups is 1. The van der Waals surface area contributed by atoms with Crippen molar-refractivity contribution in [3.8, 4) is 5.75 Å². The van der Waals surface area contributed by atoms with E-state index in [2.05, 4.69) is 10.3 Å². The van der Waals surface area contributed by atoms with E-state index in [1.807, 2.05) is 0 Å². The molecule has 5 nitrogen and oxygen atoms in total. The maximum Gasteiger partial charge on any atom is 0.430 e. The first-order valence-corrected chi connectivity index (χ1v) is 10.3. The third-order valence-corrected chi connectivity index (χ3v) is 4.83. The van der Waals surface area contributed by atoms with Crippen molar-refractivity contribution < 1.29 is 35.9 Å². The largest absolute Gasteiger partial charge is 0.430 e. The highest BCUT2D eigenvalue weighted by Gasteiger charge is 2.32. The van der Waals surface area contributed by atoms with Gasteiger partial charge in [-0.25, -0.2) is 9.79 Å². The van der Waals surface area contributed by atoms with Crippen LogP contribution in [0.1, 0.15) is 11.1 Å². The quantitative estimate of drug-likeness (QED) is 0.266. The Morgan fingerprint density at radius 1 is 0.944 bits per heavy atom. The van der Waals surface area contributed by atoms with Gasteiger partial charge in [0.15, 0.2) is 0 Å². The van der Waals surface area contributed by atoms with Crippen LogP contribution < -0.4 is 15.8 Å². The topological polar surface area (TPSA) is 76.7 Å². The van der Waals surface area contributed by atoms with Crippen LogP contribution >= 0.6 is 11.6 Å². The second-order valence-corrected chi connectivity index (χ2v) is 7.57. The number of benzene rings is 3. The highest BCUT2D eigenvalue weighted by atomic mass is 35.5. The second-order valence-electron chi connectivity index (χ2n) is 7.16. The van der Waals surface area contributed by atoms with Gasteiger partial charge in [-0.05, 0) is 60.7 Å². The number of halogens is 7. The molecule has 3 aromatic rings. The number of anilines is 1. The predicted octanol–water partition coefficient (Wildman–Crippen LogP) is 7.50. The van der Waals surface area contributed by atoms with Crippen molar-refractivity contribution in [3.05, 3.63) is 101 Å². The molecule has 188 valence electrons. The van der Waals surface area contributed by atoms with E-state index in [4.69, 9.17) is 22.1 Å². The number of rotatable bonds is 5. The van der Waals surface area contributed by atoms with Crippen LogP contribution in [0.2, 0.25) is 5.02 Å². The molecular weight excluding hydrogens is 512 g/mol. The van der Waals surface area contributed by atoms with Gasteiger partial charge in [0.25, 0.3) is 0 Å². The number of para-hydroxylation sites is 1. The van der Waals surface area contributed by atoms with Gasteiger partial charge >= 0.3 is 18.4 Å². The lowest BCUT2D eigenvalue weighted by atomic mass is 10.1. The summed E-state index contributed by atoms with van der Waals surface area (Å²) in [7, 11) is 0. The van der Waals surface area contributed by atoms with Crippen molar-refractivity contribution in [2.24, 2.45) is 10.7 Å². The molecule has 0 aromatic heterocycles. The van der Waals surface area contributed by atoms with Gasteiger partial charge in [0, 0.05) is 11.3 Å². The van der Waals surface area contributed by atoms with Crippen molar-refractivity contribution in [2.75, 3.05) is 5.32 Å². The Hall–Kier alpha value is -3.99. The average molecular weight is 528 g/mol. The lowest BCUT2D eigenvalue weighted by Crippen LogP contribution is -2.21. The molecule has 0 atom stereocenters. The summed E-state index contributed by atoms with van der Waals surface area (Å²) in [5.74, 6) is -0.0342. The number of carbonyl (C=O) groups excluding carboxylic acids is 1. The molecule has 12 heteroatoms. The summed E-state index contributed by atoms with van der Waals surface area (Å²) < 4.78 is 82.6. The molecule has 0 aliphatic heterocycles. The van der Waals surface area contributed by atoms with Crippen LogP contribution in [0.3, 0.4) is 0 Å². The highest BCUT2D eigenvalue weighted by Crippen LogP contribution is 2.31. The molecule has 0 spiro atoms. The van der Waals surface area contributed by atoms with Crippen LogP contribution in [0.5, 0.6) is 5.75 Å². The highest BCUT2D eigenvalue weighted by molar-refractivity contribution is 6.33. The molecule has 0 bridgehead atoms. The van der Waals surface area contributed by atoms with Crippen LogP contribution in [0, 0.1) is 0 Å². The van der Waals surface area contributed by atoms with Crippen molar-refractivity contribution >= 4 is 34.8 Å². The molecule has 3 aromatic carbocycles. The summed E-state index contributed by atoms with van der Waals surface area (Å²) in [6.07, 6.45) is -9.83. The minimum absolute atomic E-state index is 0.0342. The number of allylic oxidation sites excluding steroid dienone is 2. The van der Waals surface area contributed by atoms with Gasteiger partial charge in [0.1, 0.15) is 11.4 Å². The maximum atomic E-state index is 13.0. The number of hydrogen-bond donors (Lipinski definition) is 2. The first-order valence-electron chi connectivity index (χ1n) is 9.97. The third kappa shape index (κ3) is 7.25. The molecule has 0 saturated heterocycles. The number of nitrogens with zero attached hydrogens (tertiary/aromatic N) is 1. The van der Waals surface area contributed by atoms with Crippen molar-refractivity contribution in [1.29, 1.82) is 0 Å². The van der Waals surface area contributed by atoms with Gasteiger partial charge in [-0.2, -0.15) is 26.3 Å². The van der Waals surface area contributed by atoms with Gasteiger partial charge in [-0.3, -0.25) is 5.32 Å². The lowest BCUT2D eigenvalue weighted by molar-refractivity contribution is -0.137. The van der Waals surface area contributed by atoms with E-state index >= 15 is 0 Å². The van der Waals surface area contributed by atoms with Crippen LogP contribution in [0.4, 0.5) is 42.5 Å². The molecule has 0 fully saturated rings. The fraction of sp³-hybridized carbons (Fsp3) is 0.0833. The summed E-state index contributed by atoms with van der Waals surface area (Å²) in [5.41, 5.74) is 2.88. The normalized spacial score (nSPS) is 12.9. The van der Waals surface area contributed by atoms with Gasteiger partial charge < -0.3 is 10.5 Å². The van der Waals surface area contributed by atoms with Crippen LogP contribution in [-0.4, -0.2) is 18.0 Å². The number of alkyl halides is 6. The van der Waals surface area contributed by atoms with E-state index in [0.717, 1.165) is 18.2 Å². The second kappa shape index (κ2) is 10.7. The molecule has 0 unspecified atom stereocenters. The van der Waals surface area contributed by atoms with E-state index in [1.54, 1.807) is 12.1 Å². The summed E-state index contributed by atoms with van der Waals surface area (Å²) in [6, 6.07) is 15.3. The zero-order valence-electron chi connectivity index (χ0n) is 18.0. The zero-order chi connectivity index (χ0) is 26.5. The molecular formula is C24H16ClF6N3O2. The summed E-state index contributed by atoms with van der Waals surface area (Å²) in [6.45, 7) is 0. The molecule has 0 radical (unpaired) electrons. The van der Waals surface area contributed by atoms with Crippen LogP contribution in [0.25, 0.3) is 0 Å². The Morgan fingerprint density at radius 3 is 2.22 bits per heavy atom. The number of amides is 1. The Morgan fingerprint density at radius 2 is 1.61 bits per heavy atom. The van der Waals surface area contributed by atoms with E-state index < -0.39 is 29.7 Å². The zero-order valence-corrected chi connectivity index (χ0v) is 18.7. The molecule has 0 saturated carbocycles. The smallest absolute Gasteiger partial charge is 0.410 e. The summed E-state index contributed by atoms with van der Waals surface area (Å²) >= 11 is 6.06. The lowest BCUT2D eigenvalue weighted by Gasteiger charge is -2.11. The van der Waals surface area contributed by atoms with Gasteiger partial charge in [-0.1, -0.05) is 29.8 Å². The van der Waals surface area contributed by atoms with E-state index in [0.29, 0.717) is 6.08 Å². The number of carbonyl (C=O) groups is 1. The SMILES string of the molecule is NC(=CC(=Nc1ccccc1Cl)c1ccc(OC(=O)Nc2cccc(C(F)(F)F)c2)cc1)C(F)(F)F. The van der Waals surface area contributed by atoms with E-state index in [9.17, 15) is 31.1 Å². The molecule has 36 heavy (non-hydrogen) atoms. The Labute approximate surface area is 205 Å². The summed E-state index contributed by atoms with van der Waals surface area (Å²) in [5, 5.41) is 2.37. The van der Waals surface area contributed by atoms with Crippen LogP contribution in [-0.2, 0) is 6.18 Å². The molecule has 0 heterocycles. The molecule has 3 rings (SSSR count). The van der Waals surface area contributed by atoms with Crippen LogP contribution in [0.15, 0.2) is 89.6 Å². The number of ether oxygens (including phenoxy) is 1. The molecule has 0 aliphatic carbocycles. The first kappa shape index (κ1) is 26.6. The Bertz CT molecular complexity index is 1300. The Kier molecular flexibility index (Phi) is 7.93. The fourth-order valence-electron chi connectivity index (χ4n) is 2.80. The van der Waals surface area contributed by atoms with E-state index in [1.165, 1.54) is 42.5 Å². The molecule has 0 aliphatic rings. The standard InChI is InChI=1S/C24H16ClF6N3O2/c25-18-6-1-2-7-19(18)34-20(13-21(32)24(29,30)31)14-8-10-17(11-9-14)36-22(35)33-16-5-3-4-15(12-16)23(26,27)28/h1-13H,32H2,(H,33,35). The van der Waals surface area contributed by atoms with Gasteiger partial charge in [0.05, 0.1) is 22.0 Å². The van der Waals surface area contributed by atoms with Gasteiger partial charge in [-0.15, -0.1) is 0 Å². The minimum atomic E-state index is -4.80. The predicted molar refractivity (Wildman–Crippen MR) is 124 cm³/mol. The first-order chi connectivity index (χ1) is 16.8. The number of nitrogens with one attached hydrogen (secondary N) is 1. The summed E-state index contributed by atoms with van der Waals surface area (Å²) in [4.78, 5) is 16.3. The van der Waals surface area contributed by atoms with Crippen molar-refractivity contribution in [1.82, 2.24) is 0 Å². The molecule has 1 amide bonds. The monoisotopic (exact) mass is 527 g/mol. The van der Waals surface area contributed by atoms with Gasteiger partial charge in [0.2, 0.25) is 0 Å². The Balaban J connectivity index is 1.82. The van der Waals surface area contributed by atoms with Crippen molar-refractivity contribution in [3.63, 3.8) is 0 Å². The minimum Gasteiger partial charge on any atom is -0.410 e. The fourth-order valence-corrected chi connectivity index (χ4v) is 2.98. The number of hydrogen-bond acceptors (Lipinski definition) is 4. The van der Waals surface area contributed by atoms with E-state index in [-0.39, 0.29) is 33.4 Å². The van der Waals surface area contributed by atoms with Crippen molar-refractivity contribution in [2.45, 2.75) is 12.4 Å². The third-order valence-electron chi connectivity index (χ3n) is 4.51. The molecule has 3 N–H and O–H groups in total. The maximum absolute atomic E-state index is 13.0.